The van der Waals surface area contributed by atoms with Crippen LogP contribution in [-0.2, 0) is 14.3 Å². The number of esters is 1. The van der Waals surface area contributed by atoms with E-state index in [1.165, 1.54) is 0 Å². The molecule has 6 nitrogen and oxygen atoms in total. The number of rotatable bonds is 5. The van der Waals surface area contributed by atoms with Gasteiger partial charge in [0.05, 0.1) is 25.1 Å². The lowest BCUT2D eigenvalue weighted by Gasteiger charge is -2.30. The van der Waals surface area contributed by atoms with Crippen LogP contribution in [0.3, 0.4) is 0 Å². The van der Waals surface area contributed by atoms with Crippen LogP contribution in [0.4, 0.5) is 0 Å². The van der Waals surface area contributed by atoms with Gasteiger partial charge in [0.25, 0.3) is 0 Å². The van der Waals surface area contributed by atoms with Crippen LogP contribution in [0.15, 0.2) is 0 Å². The molecule has 0 aromatic rings. The molecule has 1 heterocycles. The molecule has 100 valence electrons. The van der Waals surface area contributed by atoms with Gasteiger partial charge >= 0.3 is 5.97 Å². The van der Waals surface area contributed by atoms with Crippen molar-refractivity contribution in [2.24, 2.45) is 5.92 Å². The molecule has 0 radical (unpaired) electrons. The molecule has 0 aromatic heterocycles. The number of carbonyl (C=O) groups is 2. The van der Waals surface area contributed by atoms with Crippen molar-refractivity contribution >= 4 is 11.9 Å². The van der Waals surface area contributed by atoms with E-state index < -0.39 is 0 Å². The maximum absolute atomic E-state index is 11.6. The van der Waals surface area contributed by atoms with Gasteiger partial charge < -0.3 is 10.1 Å². The number of carbonyl (C=O) groups excluding carboxylic acids is 2. The minimum atomic E-state index is -0.181. The second-order valence-corrected chi connectivity index (χ2v) is 4.26. The predicted octanol–water partition coefficient (Wildman–Crippen LogP) is -0.0987. The molecule has 0 unspecified atom stereocenters. The number of ether oxygens (including phenoxy) is 1. The molecule has 6 heteroatoms. The van der Waals surface area contributed by atoms with Gasteiger partial charge in [-0.2, -0.15) is 5.26 Å². The fourth-order valence-corrected chi connectivity index (χ4v) is 2.05. The van der Waals surface area contributed by atoms with E-state index in [0.717, 1.165) is 19.4 Å². The average Bonchev–Trinajstić information content (AvgIpc) is 2.37. The fourth-order valence-electron chi connectivity index (χ4n) is 2.05. The van der Waals surface area contributed by atoms with Crippen LogP contribution in [0.2, 0.25) is 0 Å². The van der Waals surface area contributed by atoms with Crippen molar-refractivity contribution in [3.05, 3.63) is 0 Å². The summed E-state index contributed by atoms with van der Waals surface area (Å²) < 4.78 is 4.99. The van der Waals surface area contributed by atoms with E-state index in [4.69, 9.17) is 10.00 Å². The van der Waals surface area contributed by atoms with Gasteiger partial charge in [-0.15, -0.1) is 0 Å². The molecule has 0 bridgehead atoms. The lowest BCUT2D eigenvalue weighted by atomic mass is 9.98. The molecular formula is C12H19N3O3. The smallest absolute Gasteiger partial charge is 0.310 e. The van der Waals surface area contributed by atoms with Crippen molar-refractivity contribution in [2.45, 2.75) is 19.8 Å². The summed E-state index contributed by atoms with van der Waals surface area (Å²) in [5.41, 5.74) is 0. The average molecular weight is 253 g/mol. The van der Waals surface area contributed by atoms with Crippen LogP contribution in [0, 0.1) is 17.2 Å². The molecule has 1 fully saturated rings. The summed E-state index contributed by atoms with van der Waals surface area (Å²) >= 11 is 0. The molecular weight excluding hydrogens is 234 g/mol. The Morgan fingerprint density at radius 3 is 3.00 bits per heavy atom. The summed E-state index contributed by atoms with van der Waals surface area (Å²) in [4.78, 5) is 25.0. The Hall–Kier alpha value is -1.61. The van der Waals surface area contributed by atoms with Gasteiger partial charge in [0.1, 0.15) is 6.54 Å². The van der Waals surface area contributed by atoms with Crippen molar-refractivity contribution in [3.8, 4) is 6.07 Å². The topological polar surface area (TPSA) is 82.4 Å². The summed E-state index contributed by atoms with van der Waals surface area (Å²) in [6.45, 7) is 3.78. The third kappa shape index (κ3) is 4.72. The van der Waals surface area contributed by atoms with Crippen LogP contribution < -0.4 is 5.32 Å². The lowest BCUT2D eigenvalue weighted by Crippen LogP contribution is -2.44. The normalized spacial score (nSPS) is 19.9. The molecule has 1 saturated heterocycles. The van der Waals surface area contributed by atoms with Gasteiger partial charge in [-0.3, -0.25) is 14.5 Å². The molecule has 0 spiro atoms. The molecule has 18 heavy (non-hydrogen) atoms. The zero-order chi connectivity index (χ0) is 13.4. The lowest BCUT2D eigenvalue weighted by molar-refractivity contribution is -0.150. The molecule has 1 aliphatic rings. The number of nitriles is 1. The Balaban J connectivity index is 2.37. The fraction of sp³-hybridized carbons (Fsp3) is 0.750. The summed E-state index contributed by atoms with van der Waals surface area (Å²) in [5, 5.41) is 10.8. The van der Waals surface area contributed by atoms with Crippen molar-refractivity contribution < 1.29 is 14.3 Å². The van der Waals surface area contributed by atoms with Gasteiger partial charge in [0.2, 0.25) is 5.91 Å². The first kappa shape index (κ1) is 14.5. The van der Waals surface area contributed by atoms with Crippen LogP contribution in [-0.4, -0.2) is 49.6 Å². The van der Waals surface area contributed by atoms with E-state index in [9.17, 15) is 9.59 Å². The number of likely N-dealkylation sites (tertiary alicyclic amines) is 1. The van der Waals surface area contributed by atoms with Gasteiger partial charge in [-0.1, -0.05) is 0 Å². The number of nitrogens with one attached hydrogen (secondary N) is 1. The second kappa shape index (κ2) is 7.67. The first-order valence-corrected chi connectivity index (χ1v) is 6.20. The van der Waals surface area contributed by atoms with Crippen molar-refractivity contribution in [3.63, 3.8) is 0 Å². The molecule has 1 rings (SSSR count). The number of nitrogens with zero attached hydrogens (tertiary/aromatic N) is 2. The van der Waals surface area contributed by atoms with E-state index in [1.807, 2.05) is 11.0 Å². The van der Waals surface area contributed by atoms with E-state index in [0.29, 0.717) is 13.2 Å². The summed E-state index contributed by atoms with van der Waals surface area (Å²) in [7, 11) is 0. The van der Waals surface area contributed by atoms with Crippen LogP contribution in [0.25, 0.3) is 0 Å². The zero-order valence-electron chi connectivity index (χ0n) is 10.6. The Labute approximate surface area is 107 Å². The molecule has 1 aliphatic heterocycles. The van der Waals surface area contributed by atoms with E-state index in [2.05, 4.69) is 5.32 Å². The van der Waals surface area contributed by atoms with E-state index >= 15 is 0 Å². The third-order valence-corrected chi connectivity index (χ3v) is 2.86. The predicted molar refractivity (Wildman–Crippen MR) is 64.4 cm³/mol. The SMILES string of the molecule is CCOC(=O)[C@@H]1CCCN(CC(=O)NCC#N)C1. The highest BCUT2D eigenvalue weighted by molar-refractivity contribution is 5.78. The molecule has 1 N–H and O–H groups in total. The molecule has 1 amide bonds. The van der Waals surface area contributed by atoms with E-state index in [1.54, 1.807) is 6.92 Å². The van der Waals surface area contributed by atoms with Crippen molar-refractivity contribution in [1.82, 2.24) is 10.2 Å². The maximum atomic E-state index is 11.6. The summed E-state index contributed by atoms with van der Waals surface area (Å²) in [6, 6.07) is 1.86. The zero-order valence-corrected chi connectivity index (χ0v) is 10.6. The van der Waals surface area contributed by atoms with Gasteiger partial charge in [0.15, 0.2) is 0 Å². The van der Waals surface area contributed by atoms with Crippen molar-refractivity contribution in [2.75, 3.05) is 32.8 Å². The Bertz CT molecular complexity index is 338. The van der Waals surface area contributed by atoms with Gasteiger partial charge in [-0.25, -0.2) is 0 Å². The van der Waals surface area contributed by atoms with Gasteiger partial charge in [0, 0.05) is 6.54 Å². The molecule has 0 saturated carbocycles. The van der Waals surface area contributed by atoms with Crippen LogP contribution >= 0.6 is 0 Å². The third-order valence-electron chi connectivity index (χ3n) is 2.86. The standard InChI is InChI=1S/C12H19N3O3/c1-2-18-12(17)10-4-3-7-15(8-10)9-11(16)14-6-5-13/h10H,2-4,6-9H2,1H3,(H,14,16)/t10-/m1/s1. The first-order chi connectivity index (χ1) is 8.67. The molecule has 0 aromatic carbocycles. The van der Waals surface area contributed by atoms with Crippen LogP contribution in [0.5, 0.6) is 0 Å². The first-order valence-electron chi connectivity index (χ1n) is 6.20. The Morgan fingerprint density at radius 2 is 2.33 bits per heavy atom. The van der Waals surface area contributed by atoms with Crippen molar-refractivity contribution in [1.29, 1.82) is 5.26 Å². The Kier molecular flexibility index (Phi) is 6.15. The minimum Gasteiger partial charge on any atom is -0.466 e. The summed E-state index contributed by atoms with van der Waals surface area (Å²) in [6.07, 6.45) is 1.70. The molecule has 0 aliphatic carbocycles. The largest absolute Gasteiger partial charge is 0.466 e. The number of hydrogen-bond acceptors (Lipinski definition) is 5. The highest BCUT2D eigenvalue weighted by Crippen LogP contribution is 2.17. The maximum Gasteiger partial charge on any atom is 0.310 e. The second-order valence-electron chi connectivity index (χ2n) is 4.26. The highest BCUT2D eigenvalue weighted by atomic mass is 16.5. The van der Waals surface area contributed by atoms with Gasteiger partial charge in [-0.05, 0) is 26.3 Å². The van der Waals surface area contributed by atoms with E-state index in [-0.39, 0.29) is 30.9 Å². The molecule has 1 atom stereocenters. The highest BCUT2D eigenvalue weighted by Gasteiger charge is 2.27. The number of piperidine rings is 1. The number of hydrogen-bond donors (Lipinski definition) is 1. The number of amides is 1. The quantitative estimate of drug-likeness (QED) is 0.546. The Morgan fingerprint density at radius 1 is 1.56 bits per heavy atom. The minimum absolute atomic E-state index is 0.0218. The van der Waals surface area contributed by atoms with Crippen LogP contribution in [0.1, 0.15) is 19.8 Å². The monoisotopic (exact) mass is 253 g/mol. The summed E-state index contributed by atoms with van der Waals surface area (Å²) in [5.74, 6) is -0.497.